The molecule has 29 heavy (non-hydrogen) atoms. The van der Waals surface area contributed by atoms with Gasteiger partial charge >= 0.3 is 0 Å². The summed E-state index contributed by atoms with van der Waals surface area (Å²) in [4.78, 5) is 18.1. The number of hydrogen-bond acceptors (Lipinski definition) is 6. The molecule has 0 atom stereocenters. The Bertz CT molecular complexity index is 907. The predicted octanol–water partition coefficient (Wildman–Crippen LogP) is 1.60. The third kappa shape index (κ3) is 5.39. The van der Waals surface area contributed by atoms with Gasteiger partial charge in [0.15, 0.2) is 6.61 Å². The van der Waals surface area contributed by atoms with Crippen molar-refractivity contribution in [1.82, 2.24) is 30.0 Å². The Morgan fingerprint density at radius 3 is 2.34 bits per heavy atom. The Balaban J connectivity index is 1.22. The van der Waals surface area contributed by atoms with Crippen molar-refractivity contribution in [1.29, 1.82) is 0 Å². The second-order valence-electron chi connectivity index (χ2n) is 6.98. The van der Waals surface area contributed by atoms with Crippen LogP contribution in [0.2, 0.25) is 0 Å². The molecule has 8 nitrogen and oxygen atoms in total. The molecular weight excluding hydrogens is 368 g/mol. The van der Waals surface area contributed by atoms with E-state index < -0.39 is 0 Å². The number of amides is 1. The van der Waals surface area contributed by atoms with Crippen LogP contribution in [0.25, 0.3) is 0 Å². The van der Waals surface area contributed by atoms with E-state index in [0.717, 1.165) is 25.4 Å². The largest absolute Gasteiger partial charge is 0.485 e. The van der Waals surface area contributed by atoms with Crippen molar-refractivity contribution in [3.8, 4) is 5.75 Å². The van der Waals surface area contributed by atoms with Crippen molar-refractivity contribution >= 4 is 5.91 Å². The fourth-order valence-electron chi connectivity index (χ4n) is 3.28. The number of carbonyl (C=O) groups is 1. The number of benzene rings is 2. The van der Waals surface area contributed by atoms with E-state index in [1.807, 2.05) is 41.3 Å². The second kappa shape index (κ2) is 9.29. The summed E-state index contributed by atoms with van der Waals surface area (Å²) in [6, 6.07) is 19.9. The molecule has 0 bridgehead atoms. The molecule has 1 aromatic heterocycles. The van der Waals surface area contributed by atoms with Crippen LogP contribution in [-0.4, -0.2) is 62.1 Å². The van der Waals surface area contributed by atoms with Gasteiger partial charge < -0.3 is 9.64 Å². The summed E-state index contributed by atoms with van der Waals surface area (Å²) in [6.07, 6.45) is 0. The van der Waals surface area contributed by atoms with Gasteiger partial charge in [-0.3, -0.25) is 9.69 Å². The topological polar surface area (TPSA) is 76.4 Å². The van der Waals surface area contributed by atoms with Gasteiger partial charge in [-0.15, -0.1) is 10.2 Å². The molecule has 0 unspecified atom stereocenters. The zero-order valence-corrected chi connectivity index (χ0v) is 16.2. The average Bonchev–Trinajstić information content (AvgIpc) is 3.21. The lowest BCUT2D eigenvalue weighted by Crippen LogP contribution is -2.49. The molecule has 2 aromatic carbocycles. The Morgan fingerprint density at radius 1 is 0.931 bits per heavy atom. The molecule has 150 valence electrons. The van der Waals surface area contributed by atoms with Crippen LogP contribution < -0.4 is 4.74 Å². The van der Waals surface area contributed by atoms with Crippen LogP contribution in [-0.2, 0) is 24.5 Å². The van der Waals surface area contributed by atoms with Crippen molar-refractivity contribution in [3.05, 3.63) is 72.1 Å². The Kier molecular flexibility index (Phi) is 6.11. The Labute approximate surface area is 169 Å². The maximum atomic E-state index is 12.6. The second-order valence-corrected chi connectivity index (χ2v) is 6.98. The number of nitrogens with zero attached hydrogens (tertiary/aromatic N) is 6. The number of piperazine rings is 1. The quantitative estimate of drug-likeness (QED) is 0.608. The van der Waals surface area contributed by atoms with Gasteiger partial charge in [0.2, 0.25) is 11.7 Å². The molecule has 1 aliphatic heterocycles. The summed E-state index contributed by atoms with van der Waals surface area (Å²) in [5.41, 5.74) is 1.30. The fourth-order valence-corrected chi connectivity index (χ4v) is 3.28. The highest BCUT2D eigenvalue weighted by Crippen LogP contribution is 2.10. The summed E-state index contributed by atoms with van der Waals surface area (Å²) < 4.78 is 5.61. The minimum Gasteiger partial charge on any atom is -0.485 e. The molecule has 2 heterocycles. The molecule has 0 aliphatic carbocycles. The van der Waals surface area contributed by atoms with E-state index in [9.17, 15) is 4.79 Å². The molecule has 1 fully saturated rings. The van der Waals surface area contributed by atoms with Crippen molar-refractivity contribution in [3.63, 3.8) is 0 Å². The fraction of sp³-hybridized carbons (Fsp3) is 0.333. The van der Waals surface area contributed by atoms with Crippen molar-refractivity contribution in [2.45, 2.75) is 19.7 Å². The van der Waals surface area contributed by atoms with Gasteiger partial charge in [0.05, 0.1) is 0 Å². The van der Waals surface area contributed by atoms with Gasteiger partial charge in [0.25, 0.3) is 0 Å². The van der Waals surface area contributed by atoms with Gasteiger partial charge in [-0.1, -0.05) is 48.5 Å². The molecule has 0 N–H and O–H groups in total. The number of carbonyl (C=O) groups excluding carboxylic acids is 1. The molecule has 3 aromatic rings. The normalized spacial score (nSPS) is 14.7. The van der Waals surface area contributed by atoms with Gasteiger partial charge in [0, 0.05) is 32.7 Å². The standard InChI is InChI=1S/C21H24N6O2/c28-21(26-13-11-25(12-14-26)15-18-7-3-1-4-8-18)16-27-23-20(22-24-27)17-29-19-9-5-2-6-10-19/h1-10H,11-17H2. The van der Waals surface area contributed by atoms with Crippen molar-refractivity contribution in [2.24, 2.45) is 0 Å². The molecular formula is C21H24N6O2. The van der Waals surface area contributed by atoms with E-state index in [0.29, 0.717) is 18.9 Å². The van der Waals surface area contributed by atoms with E-state index in [2.05, 4.69) is 44.6 Å². The van der Waals surface area contributed by atoms with Crippen LogP contribution in [0.3, 0.4) is 0 Å². The first kappa shape index (κ1) is 19.1. The van der Waals surface area contributed by atoms with Crippen LogP contribution in [0.4, 0.5) is 0 Å². The molecule has 0 radical (unpaired) electrons. The molecule has 1 aliphatic rings. The van der Waals surface area contributed by atoms with Crippen molar-refractivity contribution in [2.75, 3.05) is 26.2 Å². The lowest BCUT2D eigenvalue weighted by atomic mass is 10.2. The highest BCUT2D eigenvalue weighted by atomic mass is 16.5. The van der Waals surface area contributed by atoms with Crippen LogP contribution in [0, 0.1) is 0 Å². The number of rotatable bonds is 7. The van der Waals surface area contributed by atoms with Gasteiger partial charge in [-0.25, -0.2) is 0 Å². The number of hydrogen-bond donors (Lipinski definition) is 0. The molecule has 8 heteroatoms. The lowest BCUT2D eigenvalue weighted by molar-refractivity contribution is -0.134. The number of aromatic nitrogens is 4. The lowest BCUT2D eigenvalue weighted by Gasteiger charge is -2.34. The molecule has 0 spiro atoms. The van der Waals surface area contributed by atoms with Crippen LogP contribution in [0.5, 0.6) is 5.75 Å². The van der Waals surface area contributed by atoms with Crippen LogP contribution in [0.1, 0.15) is 11.4 Å². The first-order valence-corrected chi connectivity index (χ1v) is 9.75. The van der Waals surface area contributed by atoms with E-state index in [1.54, 1.807) is 0 Å². The zero-order valence-electron chi connectivity index (χ0n) is 16.2. The highest BCUT2D eigenvalue weighted by molar-refractivity contribution is 5.75. The molecule has 1 saturated heterocycles. The summed E-state index contributed by atoms with van der Waals surface area (Å²) in [5, 5.41) is 12.2. The third-order valence-electron chi connectivity index (χ3n) is 4.86. The van der Waals surface area contributed by atoms with Gasteiger partial charge in [-0.2, -0.15) is 4.80 Å². The first-order chi connectivity index (χ1) is 14.3. The average molecular weight is 392 g/mol. The van der Waals surface area contributed by atoms with E-state index in [-0.39, 0.29) is 19.1 Å². The molecule has 1 amide bonds. The first-order valence-electron chi connectivity index (χ1n) is 9.75. The number of ether oxygens (including phenoxy) is 1. The maximum absolute atomic E-state index is 12.6. The highest BCUT2D eigenvalue weighted by Gasteiger charge is 2.22. The number of tetrazole rings is 1. The molecule has 4 rings (SSSR count). The monoisotopic (exact) mass is 392 g/mol. The summed E-state index contributed by atoms with van der Waals surface area (Å²) in [6.45, 7) is 4.38. The van der Waals surface area contributed by atoms with Gasteiger partial charge in [-0.05, 0) is 22.9 Å². The minimum absolute atomic E-state index is 0.0114. The summed E-state index contributed by atoms with van der Waals surface area (Å²) in [5.74, 6) is 1.21. The SMILES string of the molecule is O=C(Cn1nnc(COc2ccccc2)n1)N1CCN(Cc2ccccc2)CC1. The Hall–Kier alpha value is -3.26. The third-order valence-corrected chi connectivity index (χ3v) is 4.86. The van der Waals surface area contributed by atoms with E-state index >= 15 is 0 Å². The smallest absolute Gasteiger partial charge is 0.246 e. The van der Waals surface area contributed by atoms with Crippen LogP contribution >= 0.6 is 0 Å². The molecule has 0 saturated carbocycles. The minimum atomic E-state index is 0.0114. The van der Waals surface area contributed by atoms with Crippen LogP contribution in [0.15, 0.2) is 60.7 Å². The van der Waals surface area contributed by atoms with Crippen molar-refractivity contribution < 1.29 is 9.53 Å². The summed E-state index contributed by atoms with van der Waals surface area (Å²) in [7, 11) is 0. The Morgan fingerprint density at radius 2 is 1.62 bits per heavy atom. The van der Waals surface area contributed by atoms with Gasteiger partial charge in [0.1, 0.15) is 12.3 Å². The maximum Gasteiger partial charge on any atom is 0.246 e. The van der Waals surface area contributed by atoms with E-state index in [1.165, 1.54) is 10.4 Å². The predicted molar refractivity (Wildman–Crippen MR) is 107 cm³/mol. The zero-order chi connectivity index (χ0) is 19.9. The summed E-state index contributed by atoms with van der Waals surface area (Å²) >= 11 is 0. The number of para-hydroxylation sites is 1. The van der Waals surface area contributed by atoms with E-state index in [4.69, 9.17) is 4.74 Å².